The van der Waals surface area contributed by atoms with Crippen molar-refractivity contribution in [3.8, 4) is 11.3 Å². The van der Waals surface area contributed by atoms with Gasteiger partial charge in [-0.25, -0.2) is 0 Å². The number of rotatable bonds is 4. The fourth-order valence-corrected chi connectivity index (χ4v) is 2.56. The van der Waals surface area contributed by atoms with Gasteiger partial charge >= 0.3 is 5.13 Å². The lowest BCUT2D eigenvalue weighted by molar-refractivity contribution is -0.576. The number of quaternary nitrogens is 1. The van der Waals surface area contributed by atoms with Gasteiger partial charge in [-0.15, -0.1) is 0 Å². The van der Waals surface area contributed by atoms with Gasteiger partial charge in [-0.05, 0) is 18.2 Å². The Bertz CT molecular complexity index is 744. The molecule has 0 saturated carbocycles. The van der Waals surface area contributed by atoms with Crippen LogP contribution in [0.15, 0.2) is 59.3 Å². The van der Waals surface area contributed by atoms with E-state index in [9.17, 15) is 0 Å². The lowest BCUT2D eigenvalue weighted by atomic mass is 10.2. The Balaban J connectivity index is 0.00000176. The number of hydrogen-bond donors (Lipinski definition) is 1. The molecule has 1 aromatic carbocycles. The molecule has 0 radical (unpaired) electrons. The predicted molar refractivity (Wildman–Crippen MR) is 86.0 cm³/mol. The molecule has 0 unspecified atom stereocenters. The van der Waals surface area contributed by atoms with Crippen LogP contribution in [-0.2, 0) is 0 Å². The summed E-state index contributed by atoms with van der Waals surface area (Å²) in [6.45, 7) is 0. The summed E-state index contributed by atoms with van der Waals surface area (Å²) in [5, 5.41) is 7.86. The summed E-state index contributed by atoms with van der Waals surface area (Å²) in [5.74, 6) is 0. The molecule has 2 heterocycles. The van der Waals surface area contributed by atoms with Crippen LogP contribution in [0.5, 0.6) is 0 Å². The zero-order valence-electron chi connectivity index (χ0n) is 11.4. The molecule has 4 nitrogen and oxygen atoms in total. The van der Waals surface area contributed by atoms with Crippen molar-refractivity contribution in [2.75, 3.05) is 0 Å². The molecule has 0 aliphatic rings. The first-order valence-corrected chi connectivity index (χ1v) is 7.55. The van der Waals surface area contributed by atoms with Crippen LogP contribution in [0, 0.1) is 0 Å². The monoisotopic (exact) mass is 394 g/mol. The van der Waals surface area contributed by atoms with Gasteiger partial charge in [-0.3, -0.25) is 4.98 Å². The minimum atomic E-state index is 0. The van der Waals surface area contributed by atoms with E-state index in [0.717, 1.165) is 27.0 Å². The van der Waals surface area contributed by atoms with Crippen LogP contribution in [-0.4, -0.2) is 16.2 Å². The molecule has 0 amide bonds. The Kier molecular flexibility index (Phi) is 6.21. The molecule has 3 rings (SSSR count). The van der Waals surface area contributed by atoms with Crippen molar-refractivity contribution in [1.82, 2.24) is 9.97 Å². The minimum Gasteiger partial charge on any atom is -1.00 e. The molecular weight excluding hydrogens is 384 g/mol. The largest absolute Gasteiger partial charge is 1.00 e. The van der Waals surface area contributed by atoms with Crippen molar-refractivity contribution in [2.45, 2.75) is 0 Å². The van der Waals surface area contributed by atoms with Gasteiger partial charge in [0.1, 0.15) is 0 Å². The maximum absolute atomic E-state index is 5.88. The molecule has 112 valence electrons. The van der Waals surface area contributed by atoms with Crippen LogP contribution >= 0.6 is 22.9 Å². The van der Waals surface area contributed by atoms with Crippen molar-refractivity contribution in [3.63, 3.8) is 0 Å². The number of thiazole rings is 1. The average Bonchev–Trinajstić information content (AvgIpc) is 2.98. The molecule has 2 N–H and O–H groups in total. The highest BCUT2D eigenvalue weighted by atomic mass is 79.9. The molecule has 0 fully saturated rings. The van der Waals surface area contributed by atoms with E-state index >= 15 is 0 Å². The first-order chi connectivity index (χ1) is 10.3. The fraction of sp³-hybridized carbons (Fsp3) is 0. The normalized spacial score (nSPS) is 10.6. The first-order valence-electron chi connectivity index (χ1n) is 6.29. The molecular formula is C15H12BrClN4S. The second kappa shape index (κ2) is 8.14. The summed E-state index contributed by atoms with van der Waals surface area (Å²) in [4.78, 5) is 8.56. The molecule has 0 spiro atoms. The molecule has 0 saturated heterocycles. The van der Waals surface area contributed by atoms with Gasteiger partial charge in [0.25, 0.3) is 0 Å². The third-order valence-corrected chi connectivity index (χ3v) is 3.79. The maximum atomic E-state index is 5.88. The Morgan fingerprint density at radius 1 is 1.18 bits per heavy atom. The lowest BCUT2D eigenvalue weighted by Gasteiger charge is -1.95. The topological polar surface area (TPSA) is 54.8 Å². The van der Waals surface area contributed by atoms with Crippen molar-refractivity contribution >= 4 is 34.3 Å². The van der Waals surface area contributed by atoms with Crippen LogP contribution < -0.4 is 22.4 Å². The van der Waals surface area contributed by atoms with Gasteiger partial charge in [0.2, 0.25) is 0 Å². The van der Waals surface area contributed by atoms with Crippen molar-refractivity contribution in [1.29, 1.82) is 0 Å². The minimum absolute atomic E-state index is 0. The van der Waals surface area contributed by atoms with E-state index in [-0.39, 0.29) is 17.0 Å². The van der Waals surface area contributed by atoms with E-state index in [1.54, 1.807) is 35.4 Å². The van der Waals surface area contributed by atoms with E-state index in [0.29, 0.717) is 0 Å². The Labute approximate surface area is 147 Å². The number of nitrogens with two attached hydrogens (primary N) is 1. The third kappa shape index (κ3) is 4.45. The van der Waals surface area contributed by atoms with Crippen LogP contribution in [0.25, 0.3) is 11.3 Å². The molecule has 22 heavy (non-hydrogen) atoms. The van der Waals surface area contributed by atoms with Crippen LogP contribution in [0.1, 0.15) is 5.56 Å². The molecule has 2 aromatic heterocycles. The van der Waals surface area contributed by atoms with E-state index in [1.807, 2.05) is 41.8 Å². The summed E-state index contributed by atoms with van der Waals surface area (Å²) in [7, 11) is 0. The Hall–Kier alpha value is -1.60. The van der Waals surface area contributed by atoms with Crippen LogP contribution in [0.3, 0.4) is 0 Å². The highest BCUT2D eigenvalue weighted by Gasteiger charge is 2.06. The van der Waals surface area contributed by atoms with Crippen molar-refractivity contribution in [3.05, 3.63) is 64.8 Å². The maximum Gasteiger partial charge on any atom is 0.310 e. The number of halogens is 2. The van der Waals surface area contributed by atoms with E-state index in [2.05, 4.69) is 15.1 Å². The Morgan fingerprint density at radius 2 is 2.00 bits per heavy atom. The van der Waals surface area contributed by atoms with Crippen LogP contribution in [0.4, 0.5) is 5.13 Å². The van der Waals surface area contributed by atoms with Crippen molar-refractivity contribution in [2.24, 2.45) is 5.10 Å². The van der Waals surface area contributed by atoms with Gasteiger partial charge in [-0.2, -0.15) is 10.4 Å². The summed E-state index contributed by atoms with van der Waals surface area (Å²) in [6.07, 6.45) is 5.26. The summed E-state index contributed by atoms with van der Waals surface area (Å²) in [6, 6.07) is 11.5. The second-order valence-electron chi connectivity index (χ2n) is 4.27. The van der Waals surface area contributed by atoms with Gasteiger partial charge in [0, 0.05) is 33.9 Å². The summed E-state index contributed by atoms with van der Waals surface area (Å²) in [5.41, 5.74) is 4.69. The highest BCUT2D eigenvalue weighted by Crippen LogP contribution is 2.23. The first kappa shape index (κ1) is 16.8. The van der Waals surface area contributed by atoms with Crippen molar-refractivity contribution < 1.29 is 22.4 Å². The number of hydrogen-bond acceptors (Lipinski definition) is 4. The fourth-order valence-electron chi connectivity index (χ4n) is 1.74. The molecule has 0 atom stereocenters. The molecule has 0 aliphatic heterocycles. The van der Waals surface area contributed by atoms with E-state index < -0.39 is 0 Å². The van der Waals surface area contributed by atoms with E-state index in [4.69, 9.17) is 11.6 Å². The molecule has 0 bridgehead atoms. The number of benzene rings is 1. The Morgan fingerprint density at radius 3 is 2.73 bits per heavy atom. The number of nitrogens with zero attached hydrogens (tertiary/aromatic N) is 3. The number of aromatic nitrogens is 2. The smallest absolute Gasteiger partial charge is 0.310 e. The number of pyridine rings is 1. The quantitative estimate of drug-likeness (QED) is 0.387. The van der Waals surface area contributed by atoms with Gasteiger partial charge in [-0.1, -0.05) is 46.2 Å². The SMILES string of the molecule is Clc1ccc(-c2csc([NH2+]N=Cc3cccnc3)n2)cc1.[Br-]. The molecule has 3 aromatic rings. The molecule has 7 heteroatoms. The standard InChI is InChI=1S/C15H11ClN4S.BrH/c16-13-5-3-12(4-6-13)14-10-21-15(19-14)20-18-9-11-2-1-7-17-8-11;/h1-10H,(H,19,20);1H. The predicted octanol–water partition coefficient (Wildman–Crippen LogP) is 0.0915. The zero-order valence-corrected chi connectivity index (χ0v) is 14.5. The van der Waals surface area contributed by atoms with Gasteiger partial charge in [0.05, 0.1) is 11.9 Å². The summed E-state index contributed by atoms with van der Waals surface area (Å²) < 4.78 is 0. The highest BCUT2D eigenvalue weighted by molar-refractivity contribution is 7.13. The van der Waals surface area contributed by atoms with Gasteiger partial charge in [0.15, 0.2) is 0 Å². The van der Waals surface area contributed by atoms with Gasteiger partial charge < -0.3 is 17.0 Å². The zero-order chi connectivity index (χ0) is 14.5. The second-order valence-corrected chi connectivity index (χ2v) is 5.60. The van der Waals surface area contributed by atoms with E-state index in [1.165, 1.54) is 0 Å². The molecule has 0 aliphatic carbocycles. The lowest BCUT2D eigenvalue weighted by Crippen LogP contribution is -3.00. The average molecular weight is 396 g/mol. The van der Waals surface area contributed by atoms with Crippen LogP contribution in [0.2, 0.25) is 5.02 Å². The summed E-state index contributed by atoms with van der Waals surface area (Å²) >= 11 is 7.44. The third-order valence-electron chi connectivity index (χ3n) is 2.75.